The number of hydrogen-bond acceptors (Lipinski definition) is 5. The molecule has 1 rings (SSSR count). The van der Waals surface area contributed by atoms with Crippen LogP contribution in [0.25, 0.3) is 0 Å². The van der Waals surface area contributed by atoms with Crippen LogP contribution in [0.15, 0.2) is 18.2 Å². The number of aliphatic hydroxyl groups is 2. The molecule has 0 saturated heterocycles. The van der Waals surface area contributed by atoms with Gasteiger partial charge in [-0.05, 0) is 18.2 Å². The Hall–Kier alpha value is -1.59. The fraction of sp³-hybridized carbons (Fsp3) is 0.300. The molecular formula is C10H12O5. The molecule has 0 saturated carbocycles. The van der Waals surface area contributed by atoms with Crippen molar-refractivity contribution in [3.63, 3.8) is 0 Å². The number of ether oxygens (including phenoxy) is 2. The standard InChI is InChI=1S/C10H12O5/c1-10(12,13)15-9-5-7(6-11)3-4-8(9)14-2/h3-6,12-13H,1-2H3. The Labute approximate surface area is 86.9 Å². The van der Waals surface area contributed by atoms with Crippen LogP contribution in [-0.2, 0) is 0 Å². The van der Waals surface area contributed by atoms with Crippen molar-refractivity contribution in [3.05, 3.63) is 23.8 Å². The second kappa shape index (κ2) is 4.29. The number of hydrogen-bond donors (Lipinski definition) is 2. The minimum atomic E-state index is -2.31. The zero-order chi connectivity index (χ0) is 11.5. The molecule has 0 atom stereocenters. The van der Waals surface area contributed by atoms with Crippen molar-refractivity contribution in [2.45, 2.75) is 12.9 Å². The summed E-state index contributed by atoms with van der Waals surface area (Å²) in [4.78, 5) is 10.5. The highest BCUT2D eigenvalue weighted by Crippen LogP contribution is 2.29. The summed E-state index contributed by atoms with van der Waals surface area (Å²) in [6.07, 6.45) is 0.623. The maximum Gasteiger partial charge on any atom is 0.318 e. The van der Waals surface area contributed by atoms with Crippen LogP contribution in [0.1, 0.15) is 17.3 Å². The number of aldehydes is 1. The van der Waals surface area contributed by atoms with Gasteiger partial charge in [0, 0.05) is 12.5 Å². The molecule has 1 aromatic carbocycles. The summed E-state index contributed by atoms with van der Waals surface area (Å²) >= 11 is 0. The molecule has 1 aromatic rings. The van der Waals surface area contributed by atoms with E-state index in [0.29, 0.717) is 17.6 Å². The lowest BCUT2D eigenvalue weighted by Crippen LogP contribution is -2.31. The monoisotopic (exact) mass is 212 g/mol. The summed E-state index contributed by atoms with van der Waals surface area (Å²) < 4.78 is 9.72. The van der Waals surface area contributed by atoms with Crippen LogP contribution in [0.3, 0.4) is 0 Å². The van der Waals surface area contributed by atoms with E-state index < -0.39 is 5.97 Å². The Morgan fingerprint density at radius 3 is 2.47 bits per heavy atom. The molecule has 0 aliphatic heterocycles. The Morgan fingerprint density at radius 1 is 1.33 bits per heavy atom. The smallest absolute Gasteiger partial charge is 0.318 e. The van der Waals surface area contributed by atoms with Crippen molar-refractivity contribution in [3.8, 4) is 11.5 Å². The molecule has 15 heavy (non-hydrogen) atoms. The molecule has 0 aliphatic rings. The van der Waals surface area contributed by atoms with Gasteiger partial charge in [-0.3, -0.25) is 4.79 Å². The summed E-state index contributed by atoms with van der Waals surface area (Å²) in [7, 11) is 1.41. The second-order valence-corrected chi connectivity index (χ2v) is 3.06. The lowest BCUT2D eigenvalue weighted by atomic mass is 10.2. The van der Waals surface area contributed by atoms with Gasteiger partial charge in [-0.1, -0.05) is 0 Å². The number of rotatable bonds is 4. The first-order chi connectivity index (χ1) is 6.96. The first-order valence-corrected chi connectivity index (χ1v) is 4.23. The normalized spacial score (nSPS) is 10.9. The van der Waals surface area contributed by atoms with Gasteiger partial charge in [-0.2, -0.15) is 0 Å². The molecule has 2 N–H and O–H groups in total. The molecule has 0 heterocycles. The number of benzene rings is 1. The quantitative estimate of drug-likeness (QED) is 0.563. The van der Waals surface area contributed by atoms with E-state index in [9.17, 15) is 4.79 Å². The Balaban J connectivity index is 3.06. The zero-order valence-electron chi connectivity index (χ0n) is 8.43. The van der Waals surface area contributed by atoms with Crippen LogP contribution in [0.2, 0.25) is 0 Å². The maximum absolute atomic E-state index is 10.5. The highest BCUT2D eigenvalue weighted by Gasteiger charge is 2.19. The zero-order valence-corrected chi connectivity index (χ0v) is 8.43. The molecule has 5 heteroatoms. The van der Waals surface area contributed by atoms with Crippen molar-refractivity contribution in [1.82, 2.24) is 0 Å². The molecule has 0 aromatic heterocycles. The molecule has 5 nitrogen and oxygen atoms in total. The number of carbonyl (C=O) groups excluding carboxylic acids is 1. The minimum Gasteiger partial charge on any atom is -0.493 e. The average molecular weight is 212 g/mol. The van der Waals surface area contributed by atoms with Crippen molar-refractivity contribution in [1.29, 1.82) is 0 Å². The molecule has 0 unspecified atom stereocenters. The summed E-state index contributed by atoms with van der Waals surface area (Å²) in [5.74, 6) is -1.90. The maximum atomic E-state index is 10.5. The van der Waals surface area contributed by atoms with E-state index >= 15 is 0 Å². The van der Waals surface area contributed by atoms with E-state index in [2.05, 4.69) is 0 Å². The van der Waals surface area contributed by atoms with Gasteiger partial charge in [0.15, 0.2) is 11.5 Å². The summed E-state index contributed by atoms with van der Waals surface area (Å²) in [6.45, 7) is 1.06. The number of methoxy groups -OCH3 is 1. The molecule has 82 valence electrons. The van der Waals surface area contributed by atoms with Gasteiger partial charge in [0.05, 0.1) is 7.11 Å². The van der Waals surface area contributed by atoms with Crippen LogP contribution >= 0.6 is 0 Å². The third-order valence-electron chi connectivity index (χ3n) is 1.63. The van der Waals surface area contributed by atoms with Gasteiger partial charge in [0.1, 0.15) is 6.29 Å². The lowest BCUT2D eigenvalue weighted by Gasteiger charge is -2.19. The molecule has 0 spiro atoms. The highest BCUT2D eigenvalue weighted by atomic mass is 16.8. The van der Waals surface area contributed by atoms with E-state index in [-0.39, 0.29) is 5.75 Å². The topological polar surface area (TPSA) is 76.0 Å². The summed E-state index contributed by atoms with van der Waals surface area (Å²) in [6, 6.07) is 4.39. The van der Waals surface area contributed by atoms with E-state index in [1.807, 2.05) is 0 Å². The largest absolute Gasteiger partial charge is 0.493 e. The molecule has 0 amide bonds. The predicted molar refractivity (Wildman–Crippen MR) is 51.9 cm³/mol. The Kier molecular flexibility index (Phi) is 3.28. The summed E-state index contributed by atoms with van der Waals surface area (Å²) in [5, 5.41) is 18.1. The van der Waals surface area contributed by atoms with Gasteiger partial charge in [0.25, 0.3) is 0 Å². The highest BCUT2D eigenvalue weighted by molar-refractivity contribution is 5.76. The van der Waals surface area contributed by atoms with E-state index in [4.69, 9.17) is 19.7 Å². The van der Waals surface area contributed by atoms with Gasteiger partial charge in [0.2, 0.25) is 0 Å². The first kappa shape index (κ1) is 11.5. The van der Waals surface area contributed by atoms with Crippen LogP contribution in [0.4, 0.5) is 0 Å². The average Bonchev–Trinajstić information content (AvgIpc) is 2.15. The summed E-state index contributed by atoms with van der Waals surface area (Å²) in [5.41, 5.74) is 0.357. The third kappa shape index (κ3) is 3.23. The van der Waals surface area contributed by atoms with E-state index in [1.54, 1.807) is 0 Å². The third-order valence-corrected chi connectivity index (χ3v) is 1.63. The van der Waals surface area contributed by atoms with Gasteiger partial charge >= 0.3 is 5.97 Å². The fourth-order valence-corrected chi connectivity index (χ4v) is 1.05. The van der Waals surface area contributed by atoms with Gasteiger partial charge in [-0.25, -0.2) is 0 Å². The van der Waals surface area contributed by atoms with Crippen molar-refractivity contribution < 1.29 is 24.5 Å². The molecule has 0 bridgehead atoms. The van der Waals surface area contributed by atoms with Crippen molar-refractivity contribution in [2.75, 3.05) is 7.11 Å². The molecular weight excluding hydrogens is 200 g/mol. The molecule has 0 fully saturated rings. The lowest BCUT2D eigenvalue weighted by molar-refractivity contribution is -0.278. The van der Waals surface area contributed by atoms with E-state index in [0.717, 1.165) is 6.92 Å². The first-order valence-electron chi connectivity index (χ1n) is 4.23. The van der Waals surface area contributed by atoms with Crippen LogP contribution < -0.4 is 9.47 Å². The SMILES string of the molecule is COc1ccc(C=O)cc1OC(C)(O)O. The van der Waals surface area contributed by atoms with Crippen LogP contribution in [0.5, 0.6) is 11.5 Å². The number of carbonyl (C=O) groups is 1. The molecule has 0 radical (unpaired) electrons. The Morgan fingerprint density at radius 2 is 2.00 bits per heavy atom. The van der Waals surface area contributed by atoms with Crippen molar-refractivity contribution in [2.24, 2.45) is 0 Å². The van der Waals surface area contributed by atoms with E-state index in [1.165, 1.54) is 25.3 Å². The van der Waals surface area contributed by atoms with Gasteiger partial charge in [-0.15, -0.1) is 0 Å². The second-order valence-electron chi connectivity index (χ2n) is 3.06. The fourth-order valence-electron chi connectivity index (χ4n) is 1.05. The Bertz CT molecular complexity index is 353. The van der Waals surface area contributed by atoms with Crippen LogP contribution in [-0.4, -0.2) is 29.6 Å². The van der Waals surface area contributed by atoms with Crippen LogP contribution in [0, 0.1) is 0 Å². The minimum absolute atomic E-state index is 0.0922. The predicted octanol–water partition coefficient (Wildman–Crippen LogP) is 0.545. The molecule has 0 aliphatic carbocycles. The van der Waals surface area contributed by atoms with Crippen molar-refractivity contribution >= 4 is 6.29 Å². The van der Waals surface area contributed by atoms with Gasteiger partial charge < -0.3 is 19.7 Å².